The van der Waals surface area contributed by atoms with Crippen LogP contribution in [0.15, 0.2) is 24.3 Å². The molecule has 0 bridgehead atoms. The van der Waals surface area contributed by atoms with Crippen LogP contribution in [0.3, 0.4) is 0 Å². The Morgan fingerprint density at radius 3 is 2.27 bits per heavy atom. The van der Waals surface area contributed by atoms with Crippen molar-refractivity contribution in [2.75, 3.05) is 20.3 Å². The summed E-state index contributed by atoms with van der Waals surface area (Å²) < 4.78 is 34.6. The van der Waals surface area contributed by atoms with Gasteiger partial charge in [-0.2, -0.15) is 0 Å². The zero-order valence-corrected chi connectivity index (χ0v) is 27.3. The molecule has 2 aromatic rings. The standard InChI is InChI=1S/C30H45N4O9P/c1-17(2)13-24(34-30(38)25-15-21-22(32-25)9-8-10-27(21)40-7)29(37)33-23(14-20-11-12-31-28(20)36)26(35)16-41-44(39,42-18(3)4)43-19(5)6/h8-10,15,17-20,23-24,32H,11-14,16H2,1-7H3,(H,31,36)(H,33,37)(H,34,38)/t20-,23-,24-/m0/s1. The third kappa shape index (κ3) is 9.88. The Balaban J connectivity index is 1.79. The number of fused-ring (bicyclic) bond motifs is 1. The number of benzene rings is 1. The molecule has 0 spiro atoms. The molecule has 13 nitrogen and oxygen atoms in total. The highest BCUT2D eigenvalue weighted by atomic mass is 31.2. The largest absolute Gasteiger partial charge is 0.496 e. The van der Waals surface area contributed by atoms with Crippen LogP contribution < -0.4 is 20.7 Å². The minimum Gasteiger partial charge on any atom is -0.496 e. The first-order valence-electron chi connectivity index (χ1n) is 14.9. The highest BCUT2D eigenvalue weighted by molar-refractivity contribution is 7.48. The molecule has 1 aromatic heterocycles. The zero-order chi connectivity index (χ0) is 32.6. The van der Waals surface area contributed by atoms with E-state index in [1.165, 1.54) is 7.11 Å². The number of hydrogen-bond acceptors (Lipinski definition) is 9. The number of H-pyrrole nitrogens is 1. The van der Waals surface area contributed by atoms with Gasteiger partial charge < -0.3 is 25.7 Å². The van der Waals surface area contributed by atoms with Crippen molar-refractivity contribution < 1.29 is 42.1 Å². The van der Waals surface area contributed by atoms with Crippen LogP contribution >= 0.6 is 7.82 Å². The van der Waals surface area contributed by atoms with Crippen LogP contribution in [-0.4, -0.2) is 73.0 Å². The van der Waals surface area contributed by atoms with E-state index in [4.69, 9.17) is 18.3 Å². The van der Waals surface area contributed by atoms with Crippen LogP contribution in [-0.2, 0) is 32.5 Å². The lowest BCUT2D eigenvalue weighted by atomic mass is 9.95. The van der Waals surface area contributed by atoms with Crippen molar-refractivity contribution in [3.63, 3.8) is 0 Å². The van der Waals surface area contributed by atoms with Gasteiger partial charge >= 0.3 is 7.82 Å². The fourth-order valence-electron chi connectivity index (χ4n) is 4.91. The Bertz CT molecular complexity index is 1360. The Labute approximate surface area is 258 Å². The number of Topliss-reactive ketones (excluding diaryl/α,β-unsaturated/α-hetero) is 1. The zero-order valence-electron chi connectivity index (χ0n) is 26.4. The molecule has 3 amide bonds. The fraction of sp³-hybridized carbons (Fsp3) is 0.600. The molecule has 0 radical (unpaired) electrons. The first kappa shape index (κ1) is 35.2. The van der Waals surface area contributed by atoms with E-state index in [0.717, 1.165) is 0 Å². The van der Waals surface area contributed by atoms with Crippen LogP contribution in [0.1, 0.15) is 71.3 Å². The van der Waals surface area contributed by atoms with Crippen molar-refractivity contribution in [3.05, 3.63) is 30.0 Å². The molecule has 1 aliphatic rings. The number of aromatic nitrogens is 1. The lowest BCUT2D eigenvalue weighted by Gasteiger charge is -2.26. The van der Waals surface area contributed by atoms with Gasteiger partial charge in [0, 0.05) is 23.4 Å². The Morgan fingerprint density at radius 2 is 1.70 bits per heavy atom. The molecule has 244 valence electrons. The number of phosphoric ester groups is 1. The first-order chi connectivity index (χ1) is 20.7. The van der Waals surface area contributed by atoms with E-state index < -0.39 is 62.2 Å². The SMILES string of the molecule is COc1cccc2[nH]c(C(=O)N[C@@H](CC(C)C)C(=O)N[C@@H](C[C@@H]3CCNC3=O)C(=O)COP(=O)(OC(C)C)OC(C)C)cc12. The number of hydrogen-bond donors (Lipinski definition) is 4. The molecule has 1 aliphatic heterocycles. The predicted molar refractivity (Wildman–Crippen MR) is 164 cm³/mol. The number of carbonyl (C=O) groups is 4. The van der Waals surface area contributed by atoms with Crippen LogP contribution in [0.5, 0.6) is 5.75 Å². The van der Waals surface area contributed by atoms with Gasteiger partial charge in [0.1, 0.15) is 24.1 Å². The van der Waals surface area contributed by atoms with E-state index in [0.29, 0.717) is 29.6 Å². The molecule has 0 unspecified atom stereocenters. The molecular formula is C30H45N4O9P. The summed E-state index contributed by atoms with van der Waals surface area (Å²) in [5, 5.41) is 8.95. The highest BCUT2D eigenvalue weighted by Gasteiger charge is 2.36. The Kier molecular flexibility index (Phi) is 12.5. The van der Waals surface area contributed by atoms with Gasteiger partial charge in [0.05, 0.1) is 25.4 Å². The van der Waals surface area contributed by atoms with Crippen molar-refractivity contribution in [1.29, 1.82) is 0 Å². The summed E-state index contributed by atoms with van der Waals surface area (Å²) in [6, 6.07) is 4.87. The normalized spacial score (nSPS) is 16.8. The number of ketones is 1. The maximum absolute atomic E-state index is 13.6. The van der Waals surface area contributed by atoms with Gasteiger partial charge in [-0.1, -0.05) is 19.9 Å². The number of phosphoric acid groups is 1. The summed E-state index contributed by atoms with van der Waals surface area (Å²) in [6.07, 6.45) is -0.245. The van der Waals surface area contributed by atoms with E-state index in [-0.39, 0.29) is 30.4 Å². The summed E-state index contributed by atoms with van der Waals surface area (Å²) >= 11 is 0. The van der Waals surface area contributed by atoms with Gasteiger partial charge in [0.2, 0.25) is 11.8 Å². The second-order valence-corrected chi connectivity index (χ2v) is 13.4. The quantitative estimate of drug-likeness (QED) is 0.188. The number of carbonyl (C=O) groups excluding carboxylic acids is 4. The maximum Gasteiger partial charge on any atom is 0.475 e. The van der Waals surface area contributed by atoms with Crippen LogP contribution in [0.25, 0.3) is 10.9 Å². The highest BCUT2D eigenvalue weighted by Crippen LogP contribution is 2.51. The molecule has 14 heteroatoms. The number of nitrogens with one attached hydrogen (secondary N) is 4. The third-order valence-electron chi connectivity index (χ3n) is 6.85. The molecule has 3 atom stereocenters. The second-order valence-electron chi connectivity index (χ2n) is 11.8. The van der Waals surface area contributed by atoms with Crippen molar-refractivity contribution in [3.8, 4) is 5.75 Å². The van der Waals surface area contributed by atoms with Crippen LogP contribution in [0, 0.1) is 11.8 Å². The topological polar surface area (TPSA) is 174 Å². The molecular weight excluding hydrogens is 591 g/mol. The maximum atomic E-state index is 13.6. The average Bonchev–Trinajstić information content (AvgIpc) is 3.55. The number of amides is 3. The van der Waals surface area contributed by atoms with E-state index >= 15 is 0 Å². The predicted octanol–water partition coefficient (Wildman–Crippen LogP) is 3.88. The summed E-state index contributed by atoms with van der Waals surface area (Å²) in [6.45, 7) is 10.2. The van der Waals surface area contributed by atoms with Crippen molar-refractivity contribution in [2.24, 2.45) is 11.8 Å². The number of aromatic amines is 1. The summed E-state index contributed by atoms with van der Waals surface area (Å²) in [5.41, 5.74) is 0.931. The third-order valence-corrected chi connectivity index (χ3v) is 8.66. The molecule has 0 aliphatic carbocycles. The first-order valence-corrected chi connectivity index (χ1v) is 16.4. The van der Waals surface area contributed by atoms with E-state index in [1.807, 2.05) is 19.9 Å². The van der Waals surface area contributed by atoms with Gasteiger partial charge in [0.25, 0.3) is 5.91 Å². The number of ether oxygens (including phenoxy) is 1. The molecule has 0 saturated carbocycles. The van der Waals surface area contributed by atoms with E-state index in [9.17, 15) is 23.7 Å². The van der Waals surface area contributed by atoms with Gasteiger partial charge in [-0.05, 0) is 71.1 Å². The summed E-state index contributed by atoms with van der Waals surface area (Å²) in [5.74, 6) is -1.86. The minimum absolute atomic E-state index is 0.00427. The molecule has 1 aromatic carbocycles. The molecule has 1 fully saturated rings. The number of methoxy groups -OCH3 is 1. The smallest absolute Gasteiger partial charge is 0.475 e. The molecule has 4 N–H and O–H groups in total. The summed E-state index contributed by atoms with van der Waals surface area (Å²) in [4.78, 5) is 55.7. The van der Waals surface area contributed by atoms with E-state index in [2.05, 4.69) is 20.9 Å². The Hall–Kier alpha value is -3.25. The molecule has 2 heterocycles. The van der Waals surface area contributed by atoms with Gasteiger partial charge in [0.15, 0.2) is 5.78 Å². The second kappa shape index (κ2) is 15.7. The monoisotopic (exact) mass is 636 g/mol. The fourth-order valence-corrected chi connectivity index (χ4v) is 6.40. The van der Waals surface area contributed by atoms with Gasteiger partial charge in [-0.25, -0.2) is 4.57 Å². The van der Waals surface area contributed by atoms with E-state index in [1.54, 1.807) is 45.9 Å². The molecule has 3 rings (SSSR count). The average molecular weight is 637 g/mol. The summed E-state index contributed by atoms with van der Waals surface area (Å²) in [7, 11) is -2.56. The number of rotatable bonds is 17. The van der Waals surface area contributed by atoms with Crippen LogP contribution in [0.2, 0.25) is 0 Å². The van der Waals surface area contributed by atoms with Gasteiger partial charge in [-0.3, -0.25) is 32.7 Å². The Morgan fingerprint density at radius 1 is 1.02 bits per heavy atom. The molecule has 1 saturated heterocycles. The van der Waals surface area contributed by atoms with Crippen LogP contribution in [0.4, 0.5) is 0 Å². The lowest BCUT2D eigenvalue weighted by Crippen LogP contribution is -2.53. The van der Waals surface area contributed by atoms with Crippen molar-refractivity contribution in [2.45, 2.75) is 85.1 Å². The minimum atomic E-state index is -4.10. The lowest BCUT2D eigenvalue weighted by molar-refractivity contribution is -0.131. The molecule has 44 heavy (non-hydrogen) atoms. The van der Waals surface area contributed by atoms with Crippen molar-refractivity contribution in [1.82, 2.24) is 20.9 Å². The van der Waals surface area contributed by atoms with Gasteiger partial charge in [-0.15, -0.1) is 0 Å². The van der Waals surface area contributed by atoms with Crippen molar-refractivity contribution >= 4 is 42.2 Å².